The third-order valence-corrected chi connectivity index (χ3v) is 2.97. The van der Waals surface area contributed by atoms with Gasteiger partial charge in [-0.05, 0) is 40.5 Å². The van der Waals surface area contributed by atoms with Crippen LogP contribution in [0.15, 0.2) is 0 Å². The average Bonchev–Trinajstić information content (AvgIpc) is 2.74. The van der Waals surface area contributed by atoms with Gasteiger partial charge in [0, 0.05) is 6.54 Å². The molecule has 3 N–H and O–H groups in total. The van der Waals surface area contributed by atoms with Crippen LogP contribution in [0.5, 0.6) is 0 Å². The molecule has 2 atom stereocenters. The number of rotatable bonds is 3. The number of nitrogens with one attached hydrogen (secondary N) is 1. The van der Waals surface area contributed by atoms with Gasteiger partial charge in [-0.15, -0.1) is 0 Å². The maximum absolute atomic E-state index is 12.1. The van der Waals surface area contributed by atoms with Crippen LogP contribution < -0.4 is 11.1 Å². The Hall–Kier alpha value is -1.79. The summed E-state index contributed by atoms with van der Waals surface area (Å²) in [6, 6.07) is -1.37. The molecule has 7 nitrogen and oxygen atoms in total. The Kier molecular flexibility index (Phi) is 4.97. The fourth-order valence-electron chi connectivity index (χ4n) is 1.96. The number of amides is 3. The molecule has 0 aromatic rings. The SMILES string of the molecule is C[C@@H](NC(=O)[C@@H]1CCCN1C(=O)OC(C)(C)C)C(N)=O. The van der Waals surface area contributed by atoms with Crippen molar-refractivity contribution in [3.63, 3.8) is 0 Å². The fraction of sp³-hybridized carbons (Fsp3) is 0.769. The minimum Gasteiger partial charge on any atom is -0.444 e. The van der Waals surface area contributed by atoms with E-state index in [9.17, 15) is 14.4 Å². The first-order chi connectivity index (χ1) is 9.11. The highest BCUT2D eigenvalue weighted by atomic mass is 16.6. The minimum atomic E-state index is -0.761. The number of hydrogen-bond donors (Lipinski definition) is 2. The predicted molar refractivity (Wildman–Crippen MR) is 72.8 cm³/mol. The number of carbonyl (C=O) groups is 3. The van der Waals surface area contributed by atoms with E-state index in [1.807, 2.05) is 0 Å². The number of nitrogens with two attached hydrogens (primary N) is 1. The third kappa shape index (κ3) is 4.40. The Morgan fingerprint density at radius 3 is 2.45 bits per heavy atom. The molecule has 1 aliphatic heterocycles. The van der Waals surface area contributed by atoms with Gasteiger partial charge in [-0.3, -0.25) is 14.5 Å². The van der Waals surface area contributed by atoms with Crippen LogP contribution >= 0.6 is 0 Å². The van der Waals surface area contributed by atoms with Crippen LogP contribution in [0.4, 0.5) is 4.79 Å². The largest absolute Gasteiger partial charge is 0.444 e. The number of likely N-dealkylation sites (tertiary alicyclic amines) is 1. The van der Waals surface area contributed by atoms with Gasteiger partial charge in [-0.1, -0.05) is 0 Å². The number of ether oxygens (including phenoxy) is 1. The van der Waals surface area contributed by atoms with Crippen molar-refractivity contribution >= 4 is 17.9 Å². The Labute approximate surface area is 118 Å². The smallest absolute Gasteiger partial charge is 0.410 e. The second kappa shape index (κ2) is 6.11. The molecule has 0 radical (unpaired) electrons. The van der Waals surface area contributed by atoms with Crippen molar-refractivity contribution in [2.75, 3.05) is 6.54 Å². The molecule has 3 amide bonds. The van der Waals surface area contributed by atoms with Gasteiger partial charge < -0.3 is 15.8 Å². The van der Waals surface area contributed by atoms with Gasteiger partial charge in [0.05, 0.1) is 0 Å². The maximum atomic E-state index is 12.1. The van der Waals surface area contributed by atoms with E-state index in [4.69, 9.17) is 10.5 Å². The summed E-state index contributed by atoms with van der Waals surface area (Å²) in [6.45, 7) is 7.28. The number of hydrogen-bond acceptors (Lipinski definition) is 4. The van der Waals surface area contributed by atoms with Crippen molar-refractivity contribution in [3.8, 4) is 0 Å². The molecule has 1 heterocycles. The predicted octanol–water partition coefficient (Wildman–Crippen LogP) is 0.376. The lowest BCUT2D eigenvalue weighted by atomic mass is 10.2. The van der Waals surface area contributed by atoms with Crippen molar-refractivity contribution in [1.82, 2.24) is 10.2 Å². The van der Waals surface area contributed by atoms with E-state index in [0.717, 1.165) is 6.42 Å². The van der Waals surface area contributed by atoms with E-state index >= 15 is 0 Å². The van der Waals surface area contributed by atoms with Crippen molar-refractivity contribution in [2.24, 2.45) is 5.73 Å². The summed E-state index contributed by atoms with van der Waals surface area (Å²) in [6.07, 6.45) is 0.764. The van der Waals surface area contributed by atoms with Gasteiger partial charge in [-0.2, -0.15) is 0 Å². The first kappa shape index (κ1) is 16.3. The van der Waals surface area contributed by atoms with Crippen LogP contribution in [-0.2, 0) is 14.3 Å². The summed E-state index contributed by atoms with van der Waals surface area (Å²) in [5.74, 6) is -0.986. The first-order valence-electron chi connectivity index (χ1n) is 6.71. The summed E-state index contributed by atoms with van der Waals surface area (Å²) in [5.41, 5.74) is 4.49. The summed E-state index contributed by atoms with van der Waals surface area (Å²) >= 11 is 0. The molecule has 0 aromatic heterocycles. The van der Waals surface area contributed by atoms with Crippen LogP contribution in [0.2, 0.25) is 0 Å². The monoisotopic (exact) mass is 285 g/mol. The molecular formula is C13H23N3O4. The molecule has 20 heavy (non-hydrogen) atoms. The normalized spacial score (nSPS) is 20.4. The summed E-state index contributed by atoms with van der Waals surface area (Å²) in [7, 11) is 0. The lowest BCUT2D eigenvalue weighted by Gasteiger charge is -2.28. The zero-order chi connectivity index (χ0) is 15.5. The van der Waals surface area contributed by atoms with Crippen molar-refractivity contribution < 1.29 is 19.1 Å². The molecule has 0 bridgehead atoms. The molecule has 114 valence electrons. The van der Waals surface area contributed by atoms with Crippen LogP contribution in [-0.4, -0.2) is 47.0 Å². The summed E-state index contributed by atoms with van der Waals surface area (Å²) in [4.78, 5) is 36.5. The van der Waals surface area contributed by atoms with E-state index in [1.165, 1.54) is 11.8 Å². The topological polar surface area (TPSA) is 102 Å². The number of carbonyl (C=O) groups excluding carboxylic acids is 3. The maximum Gasteiger partial charge on any atom is 0.410 e. The van der Waals surface area contributed by atoms with E-state index in [2.05, 4.69) is 5.32 Å². The quantitative estimate of drug-likeness (QED) is 0.782. The minimum absolute atomic E-state index is 0.375. The van der Waals surface area contributed by atoms with Crippen LogP contribution in [0.25, 0.3) is 0 Å². The highest BCUT2D eigenvalue weighted by Gasteiger charge is 2.37. The molecule has 1 rings (SSSR count). The number of primary amides is 1. The Morgan fingerprint density at radius 1 is 1.35 bits per heavy atom. The second-order valence-corrected chi connectivity index (χ2v) is 5.96. The van der Waals surface area contributed by atoms with Gasteiger partial charge in [-0.25, -0.2) is 4.79 Å². The van der Waals surface area contributed by atoms with Crippen molar-refractivity contribution in [3.05, 3.63) is 0 Å². The number of nitrogens with zero attached hydrogens (tertiary/aromatic N) is 1. The Bertz CT molecular complexity index is 403. The Balaban J connectivity index is 2.67. The average molecular weight is 285 g/mol. The molecule has 1 fully saturated rings. The molecule has 0 aromatic carbocycles. The first-order valence-corrected chi connectivity index (χ1v) is 6.71. The van der Waals surface area contributed by atoms with Gasteiger partial charge in [0.15, 0.2) is 0 Å². The molecule has 0 unspecified atom stereocenters. The molecule has 7 heteroatoms. The molecule has 1 aliphatic rings. The van der Waals surface area contributed by atoms with Gasteiger partial charge in [0.1, 0.15) is 17.7 Å². The lowest BCUT2D eigenvalue weighted by Crippen LogP contribution is -2.51. The van der Waals surface area contributed by atoms with Crippen molar-refractivity contribution in [1.29, 1.82) is 0 Å². The highest BCUT2D eigenvalue weighted by molar-refractivity contribution is 5.90. The Morgan fingerprint density at radius 2 is 1.95 bits per heavy atom. The third-order valence-electron chi connectivity index (χ3n) is 2.97. The second-order valence-electron chi connectivity index (χ2n) is 5.96. The van der Waals surface area contributed by atoms with Crippen LogP contribution in [0.3, 0.4) is 0 Å². The molecule has 0 saturated carbocycles. The highest BCUT2D eigenvalue weighted by Crippen LogP contribution is 2.21. The summed E-state index contributed by atoms with van der Waals surface area (Å²) < 4.78 is 5.27. The van der Waals surface area contributed by atoms with Gasteiger partial charge in [0.2, 0.25) is 11.8 Å². The van der Waals surface area contributed by atoms with Crippen molar-refractivity contribution in [2.45, 2.75) is 58.2 Å². The molecule has 0 aliphatic carbocycles. The molecular weight excluding hydrogens is 262 g/mol. The zero-order valence-electron chi connectivity index (χ0n) is 12.4. The van der Waals surface area contributed by atoms with E-state index in [0.29, 0.717) is 13.0 Å². The van der Waals surface area contributed by atoms with Gasteiger partial charge in [0.25, 0.3) is 0 Å². The summed E-state index contributed by atoms with van der Waals surface area (Å²) in [5, 5.41) is 2.51. The lowest BCUT2D eigenvalue weighted by molar-refractivity contribution is -0.129. The standard InChI is InChI=1S/C13H23N3O4/c1-8(10(14)17)15-11(18)9-6-5-7-16(9)12(19)20-13(2,3)4/h8-9H,5-7H2,1-4H3,(H2,14,17)(H,15,18)/t8-,9+/m1/s1. The van der Waals surface area contributed by atoms with Gasteiger partial charge >= 0.3 is 6.09 Å². The fourth-order valence-corrected chi connectivity index (χ4v) is 1.96. The van der Waals surface area contributed by atoms with E-state index in [1.54, 1.807) is 20.8 Å². The molecule has 1 saturated heterocycles. The van der Waals surface area contributed by atoms with E-state index in [-0.39, 0.29) is 5.91 Å². The molecule has 0 spiro atoms. The van der Waals surface area contributed by atoms with E-state index < -0.39 is 29.7 Å². The zero-order valence-corrected chi connectivity index (χ0v) is 12.4. The van der Waals surface area contributed by atoms with Crippen LogP contribution in [0, 0.1) is 0 Å². The van der Waals surface area contributed by atoms with Crippen LogP contribution in [0.1, 0.15) is 40.5 Å².